The lowest BCUT2D eigenvalue weighted by Crippen LogP contribution is -2.50. The average Bonchev–Trinajstić information content (AvgIpc) is 3.72. The molecule has 0 saturated carbocycles. The minimum atomic E-state index is -0.655. The molecular weight excluding hydrogens is 815 g/mol. The van der Waals surface area contributed by atoms with Gasteiger partial charge in [-0.15, -0.1) is 0 Å². The first-order valence-corrected chi connectivity index (χ1v) is 23.8. The topological polar surface area (TPSA) is 36.1 Å². The Kier molecular flexibility index (Phi) is 8.13. The van der Waals surface area contributed by atoms with Crippen LogP contribution in [0.5, 0.6) is 0 Å². The van der Waals surface area contributed by atoms with Crippen molar-refractivity contribution in [2.45, 2.75) is 50.4 Å². The molecule has 1 aliphatic carbocycles. The summed E-state index contributed by atoms with van der Waals surface area (Å²) in [4.78, 5) is 15.3. The van der Waals surface area contributed by atoms with Crippen LogP contribution < -0.4 is 9.80 Å². The summed E-state index contributed by atoms with van der Waals surface area (Å²) in [6.45, 7) is 4.49. The van der Waals surface area contributed by atoms with Gasteiger partial charge in [-0.1, -0.05) is 157 Å². The summed E-state index contributed by atoms with van der Waals surface area (Å²) in [6, 6.07) is 70.9. The van der Waals surface area contributed by atoms with Gasteiger partial charge < -0.3 is 9.47 Å². The van der Waals surface area contributed by atoms with E-state index in [0.29, 0.717) is 0 Å². The number of amidine groups is 1. The molecule has 9 aromatic rings. The first kappa shape index (κ1) is 38.3. The fourth-order valence-electron chi connectivity index (χ4n) is 12.9. The minimum absolute atomic E-state index is 0.621. The number of benzene rings is 8. The van der Waals surface area contributed by atoms with E-state index >= 15 is 0 Å². The van der Waals surface area contributed by atoms with Crippen LogP contribution in [0.2, 0.25) is 0 Å². The molecule has 0 N–H and O–H groups in total. The van der Waals surface area contributed by atoms with Gasteiger partial charge in [0.25, 0.3) is 0 Å². The lowest BCUT2D eigenvalue weighted by atomic mass is 9.49. The second-order valence-electron chi connectivity index (χ2n) is 18.8. The second-order valence-corrected chi connectivity index (χ2v) is 18.8. The Morgan fingerprint density at radius 1 is 0.448 bits per heavy atom. The van der Waals surface area contributed by atoms with Crippen LogP contribution in [0.25, 0.3) is 16.6 Å². The molecule has 2 spiro atoms. The van der Waals surface area contributed by atoms with Crippen LogP contribution in [-0.2, 0) is 17.3 Å². The van der Waals surface area contributed by atoms with Gasteiger partial charge in [0, 0.05) is 41.3 Å². The highest BCUT2D eigenvalue weighted by Crippen LogP contribution is 2.67. The quantitative estimate of drug-likeness (QED) is 0.174. The zero-order valence-electron chi connectivity index (χ0n) is 37.6. The number of aromatic nitrogens is 1. The largest absolute Gasteiger partial charge is 0.314 e. The van der Waals surface area contributed by atoms with E-state index in [1.165, 1.54) is 101 Å². The van der Waals surface area contributed by atoms with Crippen LogP contribution in [0.1, 0.15) is 80.6 Å². The smallest absolute Gasteiger partial charge is 0.114 e. The monoisotopic (exact) mass is 861 g/mol. The fraction of sp³-hybridized carbons (Fsp3) is 0.129. The van der Waals surface area contributed by atoms with Crippen LogP contribution in [0.15, 0.2) is 204 Å². The van der Waals surface area contributed by atoms with Crippen molar-refractivity contribution in [3.05, 3.63) is 256 Å². The highest BCUT2D eigenvalue weighted by atomic mass is 15.2. The third-order valence-corrected chi connectivity index (χ3v) is 15.4. The maximum atomic E-state index is 5.48. The Morgan fingerprint density at radius 2 is 0.955 bits per heavy atom. The molecular formula is C62H47N5. The predicted octanol–water partition coefficient (Wildman–Crippen LogP) is 14.9. The van der Waals surface area contributed by atoms with Gasteiger partial charge in [-0.3, -0.25) is 9.89 Å². The SMILES string of the molecule is Cc1ccc2c(c1)C1(c3cc(C)ccc3N2C2=NC=C(n3c4c(c5ccccc53)N=CCC4)CC2)c2ccccc2C2(c3ccccc3N(c3ccccc3)c3ccccc32)c2ccccc21. The fourth-order valence-corrected chi connectivity index (χ4v) is 12.9. The van der Waals surface area contributed by atoms with Crippen molar-refractivity contribution in [1.29, 1.82) is 0 Å². The van der Waals surface area contributed by atoms with Gasteiger partial charge >= 0.3 is 0 Å². The summed E-state index contributed by atoms with van der Waals surface area (Å²) in [6.07, 6.45) is 7.80. The number of rotatable bonds is 2. The number of aliphatic imine (C=N–C) groups is 2. The van der Waals surface area contributed by atoms with Gasteiger partial charge in [0.15, 0.2) is 0 Å². The van der Waals surface area contributed by atoms with E-state index in [-0.39, 0.29) is 0 Å². The van der Waals surface area contributed by atoms with Crippen molar-refractivity contribution in [3.63, 3.8) is 0 Å². The molecule has 320 valence electrons. The normalized spacial score (nSPS) is 16.6. The molecule has 0 fully saturated rings. The first-order chi connectivity index (χ1) is 33.1. The van der Waals surface area contributed by atoms with Crippen molar-refractivity contribution < 1.29 is 0 Å². The Balaban J connectivity index is 1.03. The number of aryl methyl sites for hydroxylation is 2. The van der Waals surface area contributed by atoms with Gasteiger partial charge in [-0.05, 0) is 120 Å². The molecule has 4 aliphatic heterocycles. The summed E-state index contributed by atoms with van der Waals surface area (Å²) < 4.78 is 2.45. The van der Waals surface area contributed by atoms with Crippen LogP contribution in [-0.4, -0.2) is 16.6 Å². The summed E-state index contributed by atoms with van der Waals surface area (Å²) in [5.74, 6) is 1.06. The zero-order chi connectivity index (χ0) is 44.4. The Morgan fingerprint density at radius 3 is 1.54 bits per heavy atom. The Hall–Kier alpha value is -8.02. The van der Waals surface area contributed by atoms with E-state index < -0.39 is 10.8 Å². The number of hydrogen-bond donors (Lipinski definition) is 0. The molecule has 0 bridgehead atoms. The molecule has 0 radical (unpaired) electrons. The molecule has 5 aliphatic rings. The maximum absolute atomic E-state index is 5.48. The molecule has 1 aromatic heterocycles. The van der Waals surface area contributed by atoms with Crippen LogP contribution in [0.4, 0.5) is 34.1 Å². The summed E-state index contributed by atoms with van der Waals surface area (Å²) in [5.41, 5.74) is 22.3. The molecule has 67 heavy (non-hydrogen) atoms. The van der Waals surface area contributed by atoms with Gasteiger partial charge in [0.2, 0.25) is 0 Å². The standard InChI is InChI=1S/C62H47N5/c1-40-30-33-56-51(37-40)62(52-38-41(2)31-34-57(52)67(56)59-35-32-43(39-64-59)66-53-26-13-6-19-44(53)60-58(66)29-16-36-63-60)47-22-9-7-20-45(47)61(46-21-8-10-23-48(46)62)49-24-11-14-27-54(49)65(42-17-4-3-5-18-42)55-28-15-12-25-50(55)61/h3-15,17-28,30-31,33-34,36-39H,16,29,32,35H2,1-2H3. The number of anilines is 5. The van der Waals surface area contributed by atoms with E-state index in [2.05, 4.69) is 229 Å². The molecule has 0 unspecified atom stereocenters. The van der Waals surface area contributed by atoms with Crippen LogP contribution in [0.3, 0.4) is 0 Å². The lowest BCUT2D eigenvalue weighted by molar-refractivity contribution is 0.607. The number of allylic oxidation sites excluding steroid dienone is 1. The second kappa shape index (κ2) is 14.2. The Bertz CT molecular complexity index is 3490. The van der Waals surface area contributed by atoms with E-state index in [1.807, 2.05) is 0 Å². The van der Waals surface area contributed by atoms with Crippen molar-refractivity contribution >= 4 is 62.8 Å². The van der Waals surface area contributed by atoms with Crippen molar-refractivity contribution in [2.75, 3.05) is 9.80 Å². The third kappa shape index (κ3) is 5.03. The highest BCUT2D eigenvalue weighted by molar-refractivity contribution is 6.10. The molecule has 5 heteroatoms. The van der Waals surface area contributed by atoms with Gasteiger partial charge in [0.1, 0.15) is 5.84 Å². The molecule has 0 amide bonds. The summed E-state index contributed by atoms with van der Waals surface area (Å²) in [7, 11) is 0. The average molecular weight is 862 g/mol. The van der Waals surface area contributed by atoms with E-state index in [1.54, 1.807) is 0 Å². The summed E-state index contributed by atoms with van der Waals surface area (Å²) >= 11 is 0. The highest BCUT2D eigenvalue weighted by Gasteiger charge is 2.59. The Labute approximate surface area is 391 Å². The number of para-hydroxylation sites is 4. The first-order valence-electron chi connectivity index (χ1n) is 23.8. The molecule has 0 saturated heterocycles. The van der Waals surface area contributed by atoms with E-state index in [4.69, 9.17) is 9.98 Å². The van der Waals surface area contributed by atoms with Gasteiger partial charge in [-0.2, -0.15) is 0 Å². The molecule has 14 rings (SSSR count). The van der Waals surface area contributed by atoms with Crippen molar-refractivity contribution in [3.8, 4) is 0 Å². The number of fused-ring (bicyclic) bond motifs is 17. The van der Waals surface area contributed by atoms with Crippen molar-refractivity contribution in [1.82, 2.24) is 4.57 Å². The third-order valence-electron chi connectivity index (χ3n) is 15.4. The maximum Gasteiger partial charge on any atom is 0.114 e. The van der Waals surface area contributed by atoms with E-state index in [0.717, 1.165) is 42.9 Å². The number of hydrogen-bond acceptors (Lipinski definition) is 4. The molecule has 8 aromatic carbocycles. The summed E-state index contributed by atoms with van der Waals surface area (Å²) in [5, 5.41) is 1.21. The predicted molar refractivity (Wildman–Crippen MR) is 276 cm³/mol. The molecule has 5 heterocycles. The van der Waals surface area contributed by atoms with Crippen molar-refractivity contribution in [2.24, 2.45) is 9.98 Å². The lowest BCUT2D eigenvalue weighted by Gasteiger charge is -2.56. The van der Waals surface area contributed by atoms with E-state index in [9.17, 15) is 0 Å². The number of nitrogens with zero attached hydrogens (tertiary/aromatic N) is 5. The zero-order valence-corrected chi connectivity index (χ0v) is 37.6. The molecule has 5 nitrogen and oxygen atoms in total. The molecule has 0 atom stereocenters. The van der Waals surface area contributed by atoms with Gasteiger partial charge in [0.05, 0.1) is 44.8 Å². The van der Waals surface area contributed by atoms with Crippen LogP contribution in [0, 0.1) is 13.8 Å². The van der Waals surface area contributed by atoms with Gasteiger partial charge in [-0.25, -0.2) is 4.99 Å². The minimum Gasteiger partial charge on any atom is -0.314 e. The van der Waals surface area contributed by atoms with Crippen LogP contribution >= 0.6 is 0 Å².